The minimum atomic E-state index is -0.583. The van der Waals surface area contributed by atoms with Gasteiger partial charge in [0.05, 0.1) is 16.7 Å². The molecular formula is C21H19F2N3. The lowest BCUT2D eigenvalue weighted by molar-refractivity contribution is 0.591. The molecule has 3 N–H and O–H groups in total. The second-order valence-corrected chi connectivity index (χ2v) is 6.45. The number of hydrogen-bond donors (Lipinski definition) is 2. The summed E-state index contributed by atoms with van der Waals surface area (Å²) in [6, 6.07) is 12.2. The zero-order valence-electron chi connectivity index (χ0n) is 14.2. The molecule has 2 heterocycles. The Kier molecular flexibility index (Phi) is 4.39. The van der Waals surface area contributed by atoms with E-state index < -0.39 is 11.6 Å². The van der Waals surface area contributed by atoms with Crippen LogP contribution in [0.1, 0.15) is 18.4 Å². The SMILES string of the molecule is NCCCCc1c(-c2cnc3ccccc3c2)[nH]c2c(F)cc(F)cc12. The van der Waals surface area contributed by atoms with Crippen LogP contribution < -0.4 is 5.73 Å². The number of pyridine rings is 1. The van der Waals surface area contributed by atoms with Crippen molar-refractivity contribution in [2.24, 2.45) is 5.73 Å². The highest BCUT2D eigenvalue weighted by atomic mass is 19.1. The molecular weight excluding hydrogens is 332 g/mol. The van der Waals surface area contributed by atoms with Gasteiger partial charge in [-0.2, -0.15) is 0 Å². The van der Waals surface area contributed by atoms with E-state index in [1.54, 1.807) is 6.20 Å². The minimum absolute atomic E-state index is 0.331. The zero-order valence-corrected chi connectivity index (χ0v) is 14.2. The first-order chi connectivity index (χ1) is 12.7. The van der Waals surface area contributed by atoms with E-state index in [9.17, 15) is 8.78 Å². The second-order valence-electron chi connectivity index (χ2n) is 6.45. The van der Waals surface area contributed by atoms with Crippen LogP contribution in [0.4, 0.5) is 8.78 Å². The molecule has 26 heavy (non-hydrogen) atoms. The van der Waals surface area contributed by atoms with Crippen molar-refractivity contribution in [2.45, 2.75) is 19.3 Å². The first-order valence-electron chi connectivity index (χ1n) is 8.72. The van der Waals surface area contributed by atoms with Crippen molar-refractivity contribution >= 4 is 21.8 Å². The highest BCUT2D eigenvalue weighted by Crippen LogP contribution is 2.34. The summed E-state index contributed by atoms with van der Waals surface area (Å²) in [6.45, 7) is 0.595. The van der Waals surface area contributed by atoms with Crippen molar-refractivity contribution in [2.75, 3.05) is 6.54 Å². The summed E-state index contributed by atoms with van der Waals surface area (Å²) in [6.07, 6.45) is 4.19. The Hall–Kier alpha value is -2.79. The van der Waals surface area contributed by atoms with Gasteiger partial charge < -0.3 is 10.7 Å². The molecule has 0 bridgehead atoms. The Morgan fingerprint density at radius 2 is 1.88 bits per heavy atom. The Labute approximate surface area is 149 Å². The summed E-state index contributed by atoms with van der Waals surface area (Å²) < 4.78 is 28.1. The Morgan fingerprint density at radius 3 is 2.73 bits per heavy atom. The zero-order chi connectivity index (χ0) is 18.1. The summed E-state index contributed by atoms with van der Waals surface area (Å²) in [5.41, 5.74) is 9.39. The number of rotatable bonds is 5. The van der Waals surface area contributed by atoms with Gasteiger partial charge in [-0.25, -0.2) is 8.78 Å². The highest BCUT2D eigenvalue weighted by Gasteiger charge is 2.17. The number of nitrogens with one attached hydrogen (secondary N) is 1. The standard InChI is InChI=1S/C21H19F2N3/c22-15-10-17-16(6-3-4-8-24)20(26-21(17)18(23)11-15)14-9-13-5-1-2-7-19(13)25-12-14/h1-2,5,7,9-12,26H,3-4,6,8,24H2. The van der Waals surface area contributed by atoms with E-state index in [0.29, 0.717) is 23.9 Å². The van der Waals surface area contributed by atoms with Gasteiger partial charge in [0.25, 0.3) is 0 Å². The fourth-order valence-corrected chi connectivity index (χ4v) is 3.43. The van der Waals surface area contributed by atoms with E-state index in [2.05, 4.69) is 9.97 Å². The number of unbranched alkanes of at least 4 members (excludes halogenated alkanes) is 1. The number of benzene rings is 2. The number of fused-ring (bicyclic) bond motifs is 2. The fraction of sp³-hybridized carbons (Fsp3) is 0.190. The van der Waals surface area contributed by atoms with Gasteiger partial charge in [-0.05, 0) is 49.6 Å². The third-order valence-corrected chi connectivity index (χ3v) is 4.69. The van der Waals surface area contributed by atoms with E-state index in [0.717, 1.165) is 46.6 Å². The van der Waals surface area contributed by atoms with Crippen LogP contribution in [0.3, 0.4) is 0 Å². The number of nitrogens with two attached hydrogens (primary N) is 1. The molecule has 0 saturated carbocycles. The van der Waals surface area contributed by atoms with Crippen molar-refractivity contribution in [1.29, 1.82) is 0 Å². The molecule has 0 unspecified atom stereocenters. The molecule has 3 nitrogen and oxygen atoms in total. The van der Waals surface area contributed by atoms with Crippen LogP contribution in [0.5, 0.6) is 0 Å². The predicted molar refractivity (Wildman–Crippen MR) is 101 cm³/mol. The first kappa shape index (κ1) is 16.7. The lowest BCUT2D eigenvalue weighted by Gasteiger charge is -2.06. The van der Waals surface area contributed by atoms with Crippen LogP contribution in [0.15, 0.2) is 48.7 Å². The van der Waals surface area contributed by atoms with Crippen molar-refractivity contribution < 1.29 is 8.78 Å². The van der Waals surface area contributed by atoms with E-state index in [1.165, 1.54) is 6.07 Å². The number of aryl methyl sites for hydroxylation is 1. The van der Waals surface area contributed by atoms with Gasteiger partial charge in [0.1, 0.15) is 11.6 Å². The molecule has 0 aliphatic rings. The van der Waals surface area contributed by atoms with Gasteiger partial charge in [-0.15, -0.1) is 0 Å². The van der Waals surface area contributed by atoms with Crippen molar-refractivity contribution in [3.05, 3.63) is 65.9 Å². The molecule has 2 aromatic heterocycles. The lowest BCUT2D eigenvalue weighted by Crippen LogP contribution is -1.99. The van der Waals surface area contributed by atoms with Crippen molar-refractivity contribution in [3.63, 3.8) is 0 Å². The van der Waals surface area contributed by atoms with E-state index >= 15 is 0 Å². The van der Waals surface area contributed by atoms with E-state index in [1.807, 2.05) is 30.3 Å². The number of nitrogens with zero attached hydrogens (tertiary/aromatic N) is 1. The molecule has 0 aliphatic carbocycles. The predicted octanol–water partition coefficient (Wildman–Crippen LogP) is 4.94. The molecule has 0 fully saturated rings. The molecule has 0 radical (unpaired) electrons. The average Bonchev–Trinajstić information content (AvgIpc) is 3.00. The number of hydrogen-bond acceptors (Lipinski definition) is 2. The quantitative estimate of drug-likeness (QED) is 0.500. The molecule has 0 amide bonds. The number of aromatic nitrogens is 2. The first-order valence-corrected chi connectivity index (χ1v) is 8.72. The largest absolute Gasteiger partial charge is 0.352 e. The topological polar surface area (TPSA) is 54.7 Å². The van der Waals surface area contributed by atoms with Crippen LogP contribution in [0.25, 0.3) is 33.1 Å². The van der Waals surface area contributed by atoms with E-state index in [4.69, 9.17) is 5.73 Å². The molecule has 0 saturated heterocycles. The van der Waals surface area contributed by atoms with Crippen LogP contribution in [0, 0.1) is 11.6 Å². The van der Waals surface area contributed by atoms with Gasteiger partial charge in [0, 0.05) is 28.6 Å². The molecule has 0 atom stereocenters. The Morgan fingerprint density at radius 1 is 1.04 bits per heavy atom. The summed E-state index contributed by atoms with van der Waals surface area (Å²) in [5.74, 6) is -1.16. The molecule has 0 aliphatic heterocycles. The third-order valence-electron chi connectivity index (χ3n) is 4.69. The van der Waals surface area contributed by atoms with Gasteiger partial charge >= 0.3 is 0 Å². The molecule has 2 aromatic carbocycles. The number of para-hydroxylation sites is 1. The van der Waals surface area contributed by atoms with Crippen LogP contribution in [-0.2, 0) is 6.42 Å². The third kappa shape index (κ3) is 2.95. The molecule has 132 valence electrons. The van der Waals surface area contributed by atoms with E-state index in [-0.39, 0.29) is 0 Å². The molecule has 5 heteroatoms. The van der Waals surface area contributed by atoms with Crippen LogP contribution >= 0.6 is 0 Å². The van der Waals surface area contributed by atoms with Gasteiger partial charge in [-0.3, -0.25) is 4.98 Å². The van der Waals surface area contributed by atoms with Gasteiger partial charge in [-0.1, -0.05) is 18.2 Å². The maximum absolute atomic E-state index is 14.3. The van der Waals surface area contributed by atoms with Crippen LogP contribution in [-0.4, -0.2) is 16.5 Å². The number of halogens is 2. The summed E-state index contributed by atoms with van der Waals surface area (Å²) in [7, 11) is 0. The molecule has 4 rings (SSSR count). The monoisotopic (exact) mass is 351 g/mol. The molecule has 0 spiro atoms. The maximum Gasteiger partial charge on any atom is 0.150 e. The number of aromatic amines is 1. The van der Waals surface area contributed by atoms with Gasteiger partial charge in [0.2, 0.25) is 0 Å². The Balaban J connectivity index is 1.91. The van der Waals surface area contributed by atoms with Crippen molar-refractivity contribution in [1.82, 2.24) is 9.97 Å². The Bertz CT molecular complexity index is 1090. The fourth-order valence-electron chi connectivity index (χ4n) is 3.43. The average molecular weight is 351 g/mol. The van der Waals surface area contributed by atoms with Crippen molar-refractivity contribution in [3.8, 4) is 11.3 Å². The van der Waals surface area contributed by atoms with Crippen LogP contribution in [0.2, 0.25) is 0 Å². The minimum Gasteiger partial charge on any atom is -0.352 e. The highest BCUT2D eigenvalue weighted by molar-refractivity contribution is 5.93. The normalized spacial score (nSPS) is 11.5. The second kappa shape index (κ2) is 6.84. The number of H-pyrrole nitrogens is 1. The molecule has 4 aromatic rings. The summed E-state index contributed by atoms with van der Waals surface area (Å²) in [5, 5.41) is 1.59. The maximum atomic E-state index is 14.3. The lowest BCUT2D eigenvalue weighted by atomic mass is 10.00. The summed E-state index contributed by atoms with van der Waals surface area (Å²) in [4.78, 5) is 7.65. The van der Waals surface area contributed by atoms with Gasteiger partial charge in [0.15, 0.2) is 0 Å². The smallest absolute Gasteiger partial charge is 0.150 e. The summed E-state index contributed by atoms with van der Waals surface area (Å²) >= 11 is 0.